The molecule has 3 nitrogen and oxygen atoms in total. The highest BCUT2D eigenvalue weighted by Gasteiger charge is 2.23. The van der Waals surface area contributed by atoms with Crippen molar-refractivity contribution >= 4 is 0 Å². The van der Waals surface area contributed by atoms with E-state index < -0.39 is 0 Å². The summed E-state index contributed by atoms with van der Waals surface area (Å²) in [6.45, 7) is 2.95. The van der Waals surface area contributed by atoms with Crippen molar-refractivity contribution in [2.45, 2.75) is 31.9 Å². The van der Waals surface area contributed by atoms with Crippen LogP contribution in [0.5, 0.6) is 0 Å². The molecule has 82 valence electrons. The van der Waals surface area contributed by atoms with Crippen molar-refractivity contribution in [3.8, 4) is 0 Å². The van der Waals surface area contributed by atoms with Crippen molar-refractivity contribution in [1.82, 2.24) is 10.3 Å². The van der Waals surface area contributed by atoms with E-state index in [9.17, 15) is 0 Å². The van der Waals surface area contributed by atoms with Gasteiger partial charge in [0.25, 0.3) is 0 Å². The Balaban J connectivity index is 2.13. The molecular weight excluding hydrogens is 188 g/mol. The Morgan fingerprint density at radius 2 is 2.40 bits per heavy atom. The Morgan fingerprint density at radius 1 is 1.53 bits per heavy atom. The maximum atomic E-state index is 5.80. The third kappa shape index (κ3) is 2.36. The number of hydrogen-bond donors (Lipinski definition) is 1. The molecule has 0 aliphatic carbocycles. The van der Waals surface area contributed by atoms with Gasteiger partial charge >= 0.3 is 0 Å². The molecule has 1 saturated heterocycles. The Labute approximate surface area is 90.9 Å². The van der Waals surface area contributed by atoms with Crippen LogP contribution in [0.25, 0.3) is 0 Å². The van der Waals surface area contributed by atoms with Crippen LogP contribution in [0.4, 0.5) is 0 Å². The van der Waals surface area contributed by atoms with Gasteiger partial charge in [0.15, 0.2) is 0 Å². The molecule has 0 aromatic carbocycles. The van der Waals surface area contributed by atoms with Crippen LogP contribution < -0.4 is 5.32 Å². The number of nitrogens with zero attached hydrogens (tertiary/aromatic N) is 1. The lowest BCUT2D eigenvalue weighted by Gasteiger charge is -2.30. The minimum absolute atomic E-state index is 0.213. The lowest BCUT2D eigenvalue weighted by Crippen LogP contribution is -2.33. The van der Waals surface area contributed by atoms with Gasteiger partial charge in [-0.15, -0.1) is 0 Å². The molecule has 2 heterocycles. The maximum absolute atomic E-state index is 5.80. The number of ether oxygens (including phenoxy) is 1. The molecule has 1 aliphatic rings. The van der Waals surface area contributed by atoms with Gasteiger partial charge in [0.2, 0.25) is 0 Å². The monoisotopic (exact) mass is 206 g/mol. The lowest BCUT2D eigenvalue weighted by molar-refractivity contribution is 0.00102. The standard InChI is InChI=1S/C12H18N2O/c1-9-3-5-14-8-11(9)12-7-10(13-2)4-6-15-12/h3,5,8,10,12-13H,4,6-7H2,1-2H3. The van der Waals surface area contributed by atoms with Crippen LogP contribution in [0.3, 0.4) is 0 Å². The number of rotatable bonds is 2. The number of pyridine rings is 1. The van der Waals surface area contributed by atoms with E-state index in [0.29, 0.717) is 6.04 Å². The molecule has 0 spiro atoms. The zero-order chi connectivity index (χ0) is 10.7. The van der Waals surface area contributed by atoms with Crippen molar-refractivity contribution in [3.05, 3.63) is 29.6 Å². The summed E-state index contributed by atoms with van der Waals surface area (Å²) in [4.78, 5) is 4.17. The maximum Gasteiger partial charge on any atom is 0.0857 e. The number of aromatic nitrogens is 1. The molecule has 0 bridgehead atoms. The van der Waals surface area contributed by atoms with Crippen molar-refractivity contribution in [1.29, 1.82) is 0 Å². The van der Waals surface area contributed by atoms with Gasteiger partial charge in [0, 0.05) is 30.6 Å². The zero-order valence-electron chi connectivity index (χ0n) is 9.36. The number of aryl methyl sites for hydroxylation is 1. The molecule has 3 heteroatoms. The van der Waals surface area contributed by atoms with Gasteiger partial charge in [0.05, 0.1) is 6.10 Å². The first-order valence-corrected chi connectivity index (χ1v) is 5.50. The van der Waals surface area contributed by atoms with Gasteiger partial charge in [-0.1, -0.05) is 0 Å². The topological polar surface area (TPSA) is 34.1 Å². The van der Waals surface area contributed by atoms with E-state index in [1.807, 2.05) is 25.5 Å². The van der Waals surface area contributed by atoms with E-state index in [4.69, 9.17) is 4.74 Å². The van der Waals surface area contributed by atoms with Gasteiger partial charge in [0.1, 0.15) is 0 Å². The van der Waals surface area contributed by atoms with Crippen molar-refractivity contribution in [2.75, 3.05) is 13.7 Å². The first-order valence-electron chi connectivity index (χ1n) is 5.50. The summed E-state index contributed by atoms with van der Waals surface area (Å²) >= 11 is 0. The molecule has 2 atom stereocenters. The van der Waals surface area contributed by atoms with E-state index in [-0.39, 0.29) is 6.10 Å². The van der Waals surface area contributed by atoms with Gasteiger partial charge in [-0.05, 0) is 38.4 Å². The van der Waals surface area contributed by atoms with E-state index in [1.54, 1.807) is 0 Å². The smallest absolute Gasteiger partial charge is 0.0857 e. The molecule has 0 amide bonds. The third-order valence-corrected chi connectivity index (χ3v) is 3.12. The van der Waals surface area contributed by atoms with Gasteiger partial charge < -0.3 is 10.1 Å². The molecule has 0 saturated carbocycles. The van der Waals surface area contributed by atoms with Crippen LogP contribution >= 0.6 is 0 Å². The average Bonchev–Trinajstić information content (AvgIpc) is 2.30. The highest BCUT2D eigenvalue weighted by molar-refractivity contribution is 5.24. The SMILES string of the molecule is CNC1CCOC(c2cnccc2C)C1. The van der Waals surface area contributed by atoms with Crippen LogP contribution in [0.15, 0.2) is 18.5 Å². The second kappa shape index (κ2) is 4.73. The highest BCUT2D eigenvalue weighted by Crippen LogP contribution is 2.29. The van der Waals surface area contributed by atoms with Gasteiger partial charge in [-0.25, -0.2) is 0 Å². The molecule has 1 N–H and O–H groups in total. The summed E-state index contributed by atoms with van der Waals surface area (Å²) in [5, 5.41) is 3.32. The molecular formula is C12H18N2O. The van der Waals surface area contributed by atoms with Gasteiger partial charge in [-0.3, -0.25) is 4.98 Å². The summed E-state index contributed by atoms with van der Waals surface area (Å²) in [6, 6.07) is 2.62. The Morgan fingerprint density at radius 3 is 3.13 bits per heavy atom. The van der Waals surface area contributed by atoms with Crippen molar-refractivity contribution in [2.24, 2.45) is 0 Å². The second-order valence-electron chi connectivity index (χ2n) is 4.10. The van der Waals surface area contributed by atoms with E-state index in [0.717, 1.165) is 19.4 Å². The Bertz CT molecular complexity index is 327. The van der Waals surface area contributed by atoms with Crippen molar-refractivity contribution < 1.29 is 4.74 Å². The normalized spacial score (nSPS) is 26.5. The zero-order valence-corrected chi connectivity index (χ0v) is 9.36. The fraction of sp³-hybridized carbons (Fsp3) is 0.583. The first kappa shape index (κ1) is 10.6. The summed E-state index contributed by atoms with van der Waals surface area (Å²) in [5.41, 5.74) is 2.50. The quantitative estimate of drug-likeness (QED) is 0.801. The summed E-state index contributed by atoms with van der Waals surface area (Å²) in [5.74, 6) is 0. The van der Waals surface area contributed by atoms with Crippen LogP contribution in [-0.4, -0.2) is 24.7 Å². The highest BCUT2D eigenvalue weighted by atomic mass is 16.5. The van der Waals surface area contributed by atoms with Crippen LogP contribution in [0.2, 0.25) is 0 Å². The summed E-state index contributed by atoms with van der Waals surface area (Å²) in [7, 11) is 2.02. The minimum atomic E-state index is 0.213. The predicted octanol–water partition coefficient (Wildman–Crippen LogP) is 1.83. The minimum Gasteiger partial charge on any atom is -0.373 e. The largest absolute Gasteiger partial charge is 0.373 e. The van der Waals surface area contributed by atoms with Crippen molar-refractivity contribution in [3.63, 3.8) is 0 Å². The molecule has 0 radical (unpaired) electrons. The predicted molar refractivity (Wildman–Crippen MR) is 59.7 cm³/mol. The fourth-order valence-corrected chi connectivity index (χ4v) is 2.09. The first-order chi connectivity index (χ1) is 7.31. The summed E-state index contributed by atoms with van der Waals surface area (Å²) < 4.78 is 5.80. The second-order valence-corrected chi connectivity index (χ2v) is 4.10. The van der Waals surface area contributed by atoms with Crippen LogP contribution in [-0.2, 0) is 4.74 Å². The molecule has 1 fully saturated rings. The molecule has 2 unspecified atom stereocenters. The van der Waals surface area contributed by atoms with E-state index >= 15 is 0 Å². The summed E-state index contributed by atoms with van der Waals surface area (Å²) in [6.07, 6.45) is 6.12. The molecule has 2 rings (SSSR count). The average molecular weight is 206 g/mol. The van der Waals surface area contributed by atoms with Crippen LogP contribution in [0, 0.1) is 6.92 Å². The molecule has 15 heavy (non-hydrogen) atoms. The van der Waals surface area contributed by atoms with E-state index in [1.165, 1.54) is 11.1 Å². The van der Waals surface area contributed by atoms with E-state index in [2.05, 4.69) is 17.2 Å². The lowest BCUT2D eigenvalue weighted by atomic mass is 9.96. The third-order valence-electron chi connectivity index (χ3n) is 3.12. The Hall–Kier alpha value is -0.930. The molecule has 1 aromatic rings. The number of hydrogen-bond acceptors (Lipinski definition) is 3. The molecule has 1 aliphatic heterocycles. The Kier molecular flexibility index (Phi) is 3.34. The van der Waals surface area contributed by atoms with Gasteiger partial charge in [-0.2, -0.15) is 0 Å². The molecule has 1 aromatic heterocycles. The van der Waals surface area contributed by atoms with Crippen LogP contribution in [0.1, 0.15) is 30.1 Å². The fourth-order valence-electron chi connectivity index (χ4n) is 2.09. The number of nitrogens with one attached hydrogen (secondary N) is 1.